The summed E-state index contributed by atoms with van der Waals surface area (Å²) < 4.78 is 0. The number of benzene rings is 1. The first kappa shape index (κ1) is 16.5. The highest BCUT2D eigenvalue weighted by atomic mass is 15.1. The first-order chi connectivity index (χ1) is 10.0. The van der Waals surface area contributed by atoms with Gasteiger partial charge in [0.1, 0.15) is 0 Å². The van der Waals surface area contributed by atoms with Crippen molar-refractivity contribution in [2.75, 3.05) is 26.7 Å². The first-order valence-corrected chi connectivity index (χ1v) is 8.53. The second-order valence-electron chi connectivity index (χ2n) is 6.84. The van der Waals surface area contributed by atoms with Crippen LogP contribution in [-0.2, 0) is 0 Å². The van der Waals surface area contributed by atoms with Crippen LogP contribution in [0.3, 0.4) is 0 Å². The summed E-state index contributed by atoms with van der Waals surface area (Å²) >= 11 is 0. The predicted molar refractivity (Wildman–Crippen MR) is 91.9 cm³/mol. The second kappa shape index (κ2) is 7.42. The Morgan fingerprint density at radius 2 is 1.86 bits per heavy atom. The molecule has 1 fully saturated rings. The molecule has 2 atom stereocenters. The van der Waals surface area contributed by atoms with E-state index in [2.05, 4.69) is 57.1 Å². The Labute approximate surface area is 130 Å². The van der Waals surface area contributed by atoms with Crippen LogP contribution in [0.1, 0.15) is 54.5 Å². The molecule has 0 bridgehead atoms. The molecule has 0 saturated carbocycles. The van der Waals surface area contributed by atoms with Crippen molar-refractivity contribution < 1.29 is 0 Å². The zero-order valence-electron chi connectivity index (χ0n) is 14.5. The fourth-order valence-electron chi connectivity index (χ4n) is 4.05. The number of nitrogens with zero attached hydrogens (tertiary/aromatic N) is 1. The van der Waals surface area contributed by atoms with Gasteiger partial charge in [0.15, 0.2) is 0 Å². The molecule has 0 radical (unpaired) electrons. The van der Waals surface area contributed by atoms with E-state index in [0.29, 0.717) is 6.04 Å². The Hall–Kier alpha value is -0.860. The minimum atomic E-state index is 0.573. The zero-order chi connectivity index (χ0) is 15.4. The van der Waals surface area contributed by atoms with Crippen molar-refractivity contribution in [1.82, 2.24) is 10.2 Å². The molecule has 2 unspecified atom stereocenters. The smallest absolute Gasteiger partial charge is 0.0390 e. The van der Waals surface area contributed by atoms with E-state index in [1.807, 2.05) is 0 Å². The molecule has 1 aromatic rings. The molecule has 0 amide bonds. The number of likely N-dealkylation sites (tertiary alicyclic amines) is 1. The third-order valence-corrected chi connectivity index (χ3v) is 4.87. The van der Waals surface area contributed by atoms with Crippen LogP contribution in [0.25, 0.3) is 0 Å². The molecule has 1 N–H and O–H groups in total. The van der Waals surface area contributed by atoms with Gasteiger partial charge < -0.3 is 5.32 Å². The lowest BCUT2D eigenvalue weighted by Crippen LogP contribution is -2.41. The average molecular weight is 288 g/mol. The van der Waals surface area contributed by atoms with Crippen LogP contribution in [-0.4, -0.2) is 31.6 Å². The summed E-state index contributed by atoms with van der Waals surface area (Å²) in [5.74, 6) is 0.732. The van der Waals surface area contributed by atoms with Gasteiger partial charge in [-0.2, -0.15) is 0 Å². The van der Waals surface area contributed by atoms with E-state index in [0.717, 1.165) is 19.0 Å². The van der Waals surface area contributed by atoms with Gasteiger partial charge in [0.2, 0.25) is 0 Å². The van der Waals surface area contributed by atoms with Crippen molar-refractivity contribution in [3.05, 3.63) is 34.4 Å². The number of rotatable bonds is 5. The number of hydrogen-bond donors (Lipinski definition) is 1. The van der Waals surface area contributed by atoms with Crippen LogP contribution in [0, 0.1) is 26.7 Å². The lowest BCUT2D eigenvalue weighted by Gasteiger charge is -2.41. The Kier molecular flexibility index (Phi) is 5.83. The first-order valence-electron chi connectivity index (χ1n) is 8.53. The largest absolute Gasteiger partial charge is 0.316 e. The quantitative estimate of drug-likeness (QED) is 0.824. The molecule has 0 aromatic heterocycles. The molecule has 1 saturated heterocycles. The molecule has 1 aromatic carbocycles. The van der Waals surface area contributed by atoms with Crippen LogP contribution in [0.2, 0.25) is 0 Å². The lowest BCUT2D eigenvalue weighted by atomic mass is 9.81. The summed E-state index contributed by atoms with van der Waals surface area (Å²) in [6, 6.07) is 5.27. The molecule has 1 aliphatic rings. The standard InChI is InChI=1S/C19H32N2/c1-6-9-20-13-17-8-7-10-21(5)19(17)18-15(3)11-14(2)12-16(18)4/h11-12,17,19-20H,6-10,13H2,1-5H3. The summed E-state index contributed by atoms with van der Waals surface area (Å²) in [6.45, 7) is 12.5. The summed E-state index contributed by atoms with van der Waals surface area (Å²) in [5.41, 5.74) is 5.89. The van der Waals surface area contributed by atoms with Crippen LogP contribution in [0.15, 0.2) is 12.1 Å². The molecule has 0 aliphatic carbocycles. The SMILES string of the molecule is CCCNCC1CCCN(C)C1c1c(C)cc(C)cc1C. The molecule has 1 heterocycles. The number of nitrogens with one attached hydrogen (secondary N) is 1. The van der Waals surface area contributed by atoms with Gasteiger partial charge in [-0.3, -0.25) is 4.90 Å². The topological polar surface area (TPSA) is 15.3 Å². The van der Waals surface area contributed by atoms with Crippen molar-refractivity contribution in [3.8, 4) is 0 Å². The van der Waals surface area contributed by atoms with Gasteiger partial charge in [-0.05, 0) is 89.3 Å². The van der Waals surface area contributed by atoms with Crippen molar-refractivity contribution in [2.24, 2.45) is 5.92 Å². The maximum atomic E-state index is 3.65. The van der Waals surface area contributed by atoms with Crippen molar-refractivity contribution in [3.63, 3.8) is 0 Å². The van der Waals surface area contributed by atoms with E-state index >= 15 is 0 Å². The van der Waals surface area contributed by atoms with Crippen LogP contribution in [0.4, 0.5) is 0 Å². The minimum Gasteiger partial charge on any atom is -0.316 e. The van der Waals surface area contributed by atoms with Gasteiger partial charge in [-0.15, -0.1) is 0 Å². The monoisotopic (exact) mass is 288 g/mol. The molecule has 118 valence electrons. The minimum absolute atomic E-state index is 0.573. The van der Waals surface area contributed by atoms with E-state index in [4.69, 9.17) is 0 Å². The highest BCUT2D eigenvalue weighted by Gasteiger charge is 2.32. The van der Waals surface area contributed by atoms with Gasteiger partial charge in [-0.1, -0.05) is 24.6 Å². The fraction of sp³-hybridized carbons (Fsp3) is 0.684. The molecule has 2 heteroatoms. The summed E-state index contributed by atoms with van der Waals surface area (Å²) in [7, 11) is 2.30. The third-order valence-electron chi connectivity index (χ3n) is 4.87. The summed E-state index contributed by atoms with van der Waals surface area (Å²) in [6.07, 6.45) is 3.89. The molecular weight excluding hydrogens is 256 g/mol. The molecule has 2 rings (SSSR count). The highest BCUT2D eigenvalue weighted by molar-refractivity contribution is 5.40. The average Bonchev–Trinajstić information content (AvgIpc) is 2.40. The highest BCUT2D eigenvalue weighted by Crippen LogP contribution is 2.38. The zero-order valence-corrected chi connectivity index (χ0v) is 14.5. The lowest BCUT2D eigenvalue weighted by molar-refractivity contribution is 0.118. The van der Waals surface area contributed by atoms with Gasteiger partial charge in [0.25, 0.3) is 0 Å². The maximum absolute atomic E-state index is 3.65. The van der Waals surface area contributed by atoms with E-state index in [-0.39, 0.29) is 0 Å². The van der Waals surface area contributed by atoms with E-state index in [1.54, 1.807) is 5.56 Å². The van der Waals surface area contributed by atoms with Crippen LogP contribution in [0.5, 0.6) is 0 Å². The molecule has 0 spiro atoms. The van der Waals surface area contributed by atoms with E-state index in [9.17, 15) is 0 Å². The number of piperidine rings is 1. The van der Waals surface area contributed by atoms with Crippen molar-refractivity contribution in [2.45, 2.75) is 53.0 Å². The van der Waals surface area contributed by atoms with Crippen molar-refractivity contribution >= 4 is 0 Å². The van der Waals surface area contributed by atoms with Gasteiger partial charge in [0.05, 0.1) is 0 Å². The van der Waals surface area contributed by atoms with Gasteiger partial charge in [-0.25, -0.2) is 0 Å². The molecule has 21 heavy (non-hydrogen) atoms. The van der Waals surface area contributed by atoms with Crippen LogP contribution >= 0.6 is 0 Å². The molecule has 2 nitrogen and oxygen atoms in total. The maximum Gasteiger partial charge on any atom is 0.0390 e. The molecular formula is C19H32N2. The van der Waals surface area contributed by atoms with Crippen LogP contribution < -0.4 is 5.32 Å². The normalized spacial score (nSPS) is 23.5. The molecule has 1 aliphatic heterocycles. The van der Waals surface area contributed by atoms with Crippen molar-refractivity contribution in [1.29, 1.82) is 0 Å². The second-order valence-corrected chi connectivity index (χ2v) is 6.84. The van der Waals surface area contributed by atoms with Gasteiger partial charge in [0, 0.05) is 6.04 Å². The van der Waals surface area contributed by atoms with E-state index in [1.165, 1.54) is 42.5 Å². The Morgan fingerprint density at radius 3 is 2.48 bits per heavy atom. The Morgan fingerprint density at radius 1 is 1.19 bits per heavy atom. The Balaban J connectivity index is 2.27. The van der Waals surface area contributed by atoms with Gasteiger partial charge >= 0.3 is 0 Å². The fourth-order valence-corrected chi connectivity index (χ4v) is 4.05. The number of aryl methyl sites for hydroxylation is 3. The third kappa shape index (κ3) is 3.87. The summed E-state index contributed by atoms with van der Waals surface area (Å²) in [5, 5.41) is 3.65. The predicted octanol–water partition coefficient (Wildman–Crippen LogP) is 3.99. The van der Waals surface area contributed by atoms with E-state index < -0.39 is 0 Å². The number of hydrogen-bond acceptors (Lipinski definition) is 2. The summed E-state index contributed by atoms with van der Waals surface area (Å²) in [4.78, 5) is 2.58. The Bertz CT molecular complexity index is 444.